The number of amides is 1. The van der Waals surface area contributed by atoms with E-state index in [1.54, 1.807) is 12.3 Å². The number of aryl methyl sites for hydroxylation is 1. The van der Waals surface area contributed by atoms with E-state index in [9.17, 15) is 14.4 Å². The molecule has 0 unspecified atom stereocenters. The van der Waals surface area contributed by atoms with Gasteiger partial charge in [-0.05, 0) is 24.6 Å². The molecule has 3 aromatic heterocycles. The number of esters is 1. The van der Waals surface area contributed by atoms with Crippen LogP contribution in [0.5, 0.6) is 0 Å². The van der Waals surface area contributed by atoms with Crippen molar-refractivity contribution in [2.45, 2.75) is 20.4 Å². The minimum atomic E-state index is -0.456. The Labute approximate surface area is 195 Å². The second-order valence-electron chi connectivity index (χ2n) is 8.15. The second-order valence-corrected chi connectivity index (χ2v) is 8.15. The summed E-state index contributed by atoms with van der Waals surface area (Å²) < 4.78 is 13.3. The van der Waals surface area contributed by atoms with Crippen molar-refractivity contribution in [2.75, 3.05) is 46.0 Å². The van der Waals surface area contributed by atoms with Gasteiger partial charge in [-0.2, -0.15) is 0 Å². The van der Waals surface area contributed by atoms with Gasteiger partial charge in [-0.25, -0.2) is 4.98 Å². The lowest BCUT2D eigenvalue weighted by atomic mass is 10.2. The van der Waals surface area contributed by atoms with Gasteiger partial charge in [0.25, 0.3) is 11.5 Å². The molecule has 0 radical (unpaired) electrons. The van der Waals surface area contributed by atoms with Crippen molar-refractivity contribution in [1.82, 2.24) is 24.2 Å². The molecule has 0 aromatic carbocycles. The maximum Gasteiger partial charge on any atom is 0.302 e. The molecule has 180 valence electrons. The molecule has 0 spiro atoms. The van der Waals surface area contributed by atoms with E-state index in [0.717, 1.165) is 18.7 Å². The fourth-order valence-corrected chi connectivity index (χ4v) is 4.02. The van der Waals surface area contributed by atoms with Gasteiger partial charge >= 0.3 is 5.97 Å². The van der Waals surface area contributed by atoms with Gasteiger partial charge in [-0.15, -0.1) is 0 Å². The van der Waals surface area contributed by atoms with Crippen LogP contribution in [-0.2, 0) is 20.8 Å². The topological polar surface area (TPSA) is 131 Å². The van der Waals surface area contributed by atoms with Crippen molar-refractivity contribution in [2.24, 2.45) is 0 Å². The first-order valence-corrected chi connectivity index (χ1v) is 11.2. The average Bonchev–Trinajstić information content (AvgIpc) is 2.81. The number of hydrogen-bond donors (Lipinski definition) is 2. The number of morpholine rings is 1. The van der Waals surface area contributed by atoms with Crippen molar-refractivity contribution in [3.8, 4) is 0 Å². The van der Waals surface area contributed by atoms with Crippen LogP contribution in [-0.4, -0.2) is 76.7 Å². The van der Waals surface area contributed by atoms with Gasteiger partial charge in [0.1, 0.15) is 23.4 Å². The highest BCUT2D eigenvalue weighted by molar-refractivity contribution is 5.96. The number of rotatable bonds is 7. The van der Waals surface area contributed by atoms with Crippen LogP contribution in [0.2, 0.25) is 0 Å². The monoisotopic (exact) mass is 468 g/mol. The third-order valence-corrected chi connectivity index (χ3v) is 5.82. The van der Waals surface area contributed by atoms with Gasteiger partial charge in [-0.3, -0.25) is 29.1 Å². The highest BCUT2D eigenvalue weighted by Gasteiger charge is 2.18. The van der Waals surface area contributed by atoms with Crippen LogP contribution >= 0.6 is 0 Å². The Balaban J connectivity index is 1.73. The number of aromatic nitrogens is 3. The van der Waals surface area contributed by atoms with Crippen LogP contribution in [0.25, 0.3) is 16.7 Å². The van der Waals surface area contributed by atoms with Crippen LogP contribution < -0.4 is 16.4 Å². The summed E-state index contributed by atoms with van der Waals surface area (Å²) in [4.78, 5) is 44.4. The number of nitrogens with one attached hydrogen (secondary N) is 2. The standard InChI is InChI=1S/C23H28N6O5/c1-15-4-3-6-29-20(15)26-21-18(23(29)32)14-17(19(24)28(21)10-13-34-16(2)30)22(31)25-5-7-27-8-11-33-12-9-27/h3-4,6,14,24H,5,7-13H2,1-2H3,(H,25,31). The Bertz CT molecular complexity index is 1360. The Morgan fingerprint density at radius 3 is 2.74 bits per heavy atom. The van der Waals surface area contributed by atoms with E-state index in [-0.39, 0.29) is 40.8 Å². The van der Waals surface area contributed by atoms with Crippen molar-refractivity contribution < 1.29 is 19.1 Å². The molecule has 1 aliphatic rings. The van der Waals surface area contributed by atoms with Gasteiger partial charge in [0.05, 0.1) is 30.7 Å². The van der Waals surface area contributed by atoms with E-state index < -0.39 is 11.9 Å². The molecular weight excluding hydrogens is 440 g/mol. The molecule has 11 nitrogen and oxygen atoms in total. The largest absolute Gasteiger partial charge is 0.464 e. The summed E-state index contributed by atoms with van der Waals surface area (Å²) in [6.07, 6.45) is 1.62. The molecule has 0 atom stereocenters. The number of ether oxygens (including phenoxy) is 2. The number of fused-ring (bicyclic) bond motifs is 2. The third-order valence-electron chi connectivity index (χ3n) is 5.82. The molecule has 3 aromatic rings. The third kappa shape index (κ3) is 4.85. The first kappa shape index (κ1) is 23.6. The molecule has 11 heteroatoms. The fraction of sp³-hybridized carbons (Fsp3) is 0.435. The Hall–Kier alpha value is -3.57. The highest BCUT2D eigenvalue weighted by atomic mass is 16.5. The molecule has 34 heavy (non-hydrogen) atoms. The number of hydrogen-bond acceptors (Lipinski definition) is 8. The predicted molar refractivity (Wildman–Crippen MR) is 124 cm³/mol. The maximum atomic E-state index is 13.3. The molecule has 4 heterocycles. The number of pyridine rings is 2. The summed E-state index contributed by atoms with van der Waals surface area (Å²) in [6.45, 7) is 7.22. The summed E-state index contributed by atoms with van der Waals surface area (Å²) in [5, 5.41) is 11.8. The molecular formula is C23H28N6O5. The zero-order chi connectivity index (χ0) is 24.2. The van der Waals surface area contributed by atoms with Gasteiger partial charge < -0.3 is 19.4 Å². The lowest BCUT2D eigenvalue weighted by Gasteiger charge is -2.26. The SMILES string of the molecule is CC(=O)OCCn1c(=N)c(C(=O)NCCN2CCOCC2)cc2c(=O)n3cccc(C)c3nc21. The van der Waals surface area contributed by atoms with Crippen LogP contribution in [0.15, 0.2) is 29.2 Å². The van der Waals surface area contributed by atoms with Gasteiger partial charge in [0.2, 0.25) is 0 Å². The molecule has 0 saturated carbocycles. The molecule has 1 fully saturated rings. The minimum absolute atomic E-state index is 0.0160. The fourth-order valence-electron chi connectivity index (χ4n) is 4.02. The first-order chi connectivity index (χ1) is 16.4. The Kier molecular flexibility index (Phi) is 7.03. The van der Waals surface area contributed by atoms with E-state index in [2.05, 4.69) is 15.2 Å². The molecule has 2 N–H and O–H groups in total. The van der Waals surface area contributed by atoms with Crippen molar-refractivity contribution in [1.29, 1.82) is 5.41 Å². The van der Waals surface area contributed by atoms with Crippen molar-refractivity contribution in [3.05, 3.63) is 51.4 Å². The summed E-state index contributed by atoms with van der Waals surface area (Å²) in [7, 11) is 0. The molecule has 0 aliphatic carbocycles. The van der Waals surface area contributed by atoms with Gasteiger partial charge in [0, 0.05) is 39.3 Å². The smallest absolute Gasteiger partial charge is 0.302 e. The summed E-state index contributed by atoms with van der Waals surface area (Å²) in [5.41, 5.74) is 1.14. The van der Waals surface area contributed by atoms with E-state index >= 15 is 0 Å². The van der Waals surface area contributed by atoms with Crippen LogP contribution in [0.4, 0.5) is 0 Å². The second kappa shape index (κ2) is 10.1. The summed E-state index contributed by atoms with van der Waals surface area (Å²) >= 11 is 0. The Morgan fingerprint density at radius 1 is 1.24 bits per heavy atom. The number of carbonyl (C=O) groups excluding carboxylic acids is 2. The van der Waals surface area contributed by atoms with E-state index in [4.69, 9.17) is 14.9 Å². The predicted octanol–water partition coefficient (Wildman–Crippen LogP) is 0.0622. The zero-order valence-corrected chi connectivity index (χ0v) is 19.3. The number of nitrogens with zero attached hydrogens (tertiary/aromatic N) is 4. The maximum absolute atomic E-state index is 13.3. The molecule has 4 rings (SSSR count). The first-order valence-electron chi connectivity index (χ1n) is 11.2. The highest BCUT2D eigenvalue weighted by Crippen LogP contribution is 2.13. The molecule has 0 bridgehead atoms. The lowest BCUT2D eigenvalue weighted by Crippen LogP contribution is -2.42. The number of carbonyl (C=O) groups is 2. The van der Waals surface area contributed by atoms with Crippen molar-refractivity contribution in [3.63, 3.8) is 0 Å². The Morgan fingerprint density at radius 2 is 2.00 bits per heavy atom. The van der Waals surface area contributed by atoms with Crippen LogP contribution in [0.1, 0.15) is 22.8 Å². The van der Waals surface area contributed by atoms with Crippen molar-refractivity contribution >= 4 is 28.6 Å². The molecule has 1 saturated heterocycles. The average molecular weight is 469 g/mol. The summed E-state index contributed by atoms with van der Waals surface area (Å²) in [5.74, 6) is -0.905. The normalized spacial score (nSPS) is 14.4. The molecule has 1 aliphatic heterocycles. The minimum Gasteiger partial charge on any atom is -0.464 e. The summed E-state index contributed by atoms with van der Waals surface area (Å²) in [6, 6.07) is 5.02. The quantitative estimate of drug-likeness (QED) is 0.370. The lowest BCUT2D eigenvalue weighted by molar-refractivity contribution is -0.141. The zero-order valence-electron chi connectivity index (χ0n) is 19.3. The van der Waals surface area contributed by atoms with E-state index in [0.29, 0.717) is 32.0 Å². The van der Waals surface area contributed by atoms with E-state index in [1.807, 2.05) is 13.0 Å². The van der Waals surface area contributed by atoms with E-state index in [1.165, 1.54) is 22.0 Å². The van der Waals surface area contributed by atoms with Crippen LogP contribution in [0.3, 0.4) is 0 Å². The van der Waals surface area contributed by atoms with Gasteiger partial charge in [0.15, 0.2) is 0 Å². The molecule has 1 amide bonds. The van der Waals surface area contributed by atoms with Gasteiger partial charge in [-0.1, -0.05) is 6.07 Å². The van der Waals surface area contributed by atoms with Crippen LogP contribution in [0, 0.1) is 12.3 Å².